The number of urea groups is 1. The summed E-state index contributed by atoms with van der Waals surface area (Å²) in [5.74, 6) is 0. The number of H-pyrrole nitrogens is 1. The largest absolute Gasteiger partial charge is 0.416 e. The van der Waals surface area contributed by atoms with Crippen LogP contribution in [0.15, 0.2) is 65.7 Å². The minimum Gasteiger partial charge on any atom is -0.355 e. The summed E-state index contributed by atoms with van der Waals surface area (Å²) in [6.45, 7) is 0. The quantitative estimate of drug-likeness (QED) is 0.192. The van der Waals surface area contributed by atoms with Gasteiger partial charge in [-0.3, -0.25) is 14.9 Å². The van der Waals surface area contributed by atoms with Crippen LogP contribution in [0, 0.1) is 10.1 Å². The zero-order chi connectivity index (χ0) is 26.0. The predicted molar refractivity (Wildman–Crippen MR) is 128 cm³/mol. The highest BCUT2D eigenvalue weighted by Crippen LogP contribution is 2.34. The van der Waals surface area contributed by atoms with E-state index in [1.54, 1.807) is 12.1 Å². The highest BCUT2D eigenvalue weighted by molar-refractivity contribution is 6.33. The Morgan fingerprint density at radius 3 is 2.50 bits per heavy atom. The summed E-state index contributed by atoms with van der Waals surface area (Å²) in [6.07, 6.45) is -3.56. The summed E-state index contributed by atoms with van der Waals surface area (Å²) in [7, 11) is 0. The Bertz CT molecular complexity index is 1560. The molecular formula is C22H14ClF3N6O4. The molecule has 10 nitrogen and oxygen atoms in total. The van der Waals surface area contributed by atoms with Gasteiger partial charge in [-0.25, -0.2) is 9.78 Å². The number of nitro benzene ring substituents is 1. The molecule has 4 rings (SSSR count). The molecule has 0 aliphatic heterocycles. The third kappa shape index (κ3) is 5.20. The number of hydrogen-bond donors (Lipinski definition) is 4. The van der Waals surface area contributed by atoms with E-state index < -0.39 is 28.3 Å². The Morgan fingerprint density at radius 1 is 1.03 bits per heavy atom. The molecule has 3 aromatic carbocycles. The van der Waals surface area contributed by atoms with Gasteiger partial charge in [0.2, 0.25) is 0 Å². The van der Waals surface area contributed by atoms with E-state index in [1.807, 2.05) is 0 Å². The minimum absolute atomic E-state index is 0.0398. The molecule has 1 heterocycles. The molecule has 0 radical (unpaired) electrons. The van der Waals surface area contributed by atoms with Crippen LogP contribution < -0.4 is 21.5 Å². The predicted octanol–water partition coefficient (Wildman–Crippen LogP) is 5.89. The average Bonchev–Trinajstić information content (AvgIpc) is 2.80. The second-order valence-corrected chi connectivity index (χ2v) is 7.73. The van der Waals surface area contributed by atoms with Gasteiger partial charge in [-0.05, 0) is 42.5 Å². The molecule has 0 aliphatic carbocycles. The summed E-state index contributed by atoms with van der Waals surface area (Å²) in [6, 6.07) is 10.4. The fourth-order valence-corrected chi connectivity index (χ4v) is 3.50. The summed E-state index contributed by atoms with van der Waals surface area (Å²) in [5, 5.41) is 18.9. The first-order valence-electron chi connectivity index (χ1n) is 9.99. The van der Waals surface area contributed by atoms with E-state index >= 15 is 0 Å². The number of nitro groups is 1. The van der Waals surface area contributed by atoms with Crippen molar-refractivity contribution in [3.63, 3.8) is 0 Å². The first-order valence-corrected chi connectivity index (χ1v) is 10.4. The van der Waals surface area contributed by atoms with Crippen molar-refractivity contribution in [3.8, 4) is 0 Å². The molecule has 0 atom stereocenters. The fraction of sp³-hybridized carbons (Fsp3) is 0.0455. The zero-order valence-electron chi connectivity index (χ0n) is 17.8. The number of nitrogens with one attached hydrogen (secondary N) is 4. The number of nitrogens with zero attached hydrogens (tertiary/aromatic N) is 2. The number of carbonyl (C=O) groups excluding carboxylic acids is 1. The fourth-order valence-electron chi connectivity index (χ4n) is 3.33. The van der Waals surface area contributed by atoms with Crippen LogP contribution in [-0.4, -0.2) is 20.9 Å². The van der Waals surface area contributed by atoms with Gasteiger partial charge in [-0.15, -0.1) is 0 Å². The smallest absolute Gasteiger partial charge is 0.355 e. The van der Waals surface area contributed by atoms with E-state index in [0.29, 0.717) is 11.8 Å². The first kappa shape index (κ1) is 24.5. The normalized spacial score (nSPS) is 11.2. The van der Waals surface area contributed by atoms with Crippen molar-refractivity contribution in [2.24, 2.45) is 0 Å². The molecule has 0 saturated heterocycles. The Balaban J connectivity index is 1.56. The number of amides is 2. The van der Waals surface area contributed by atoms with E-state index in [-0.39, 0.29) is 38.7 Å². The molecule has 0 aliphatic rings. The number of carbonyl (C=O) groups is 1. The van der Waals surface area contributed by atoms with Crippen molar-refractivity contribution < 1.29 is 22.9 Å². The molecule has 14 heteroatoms. The number of non-ortho nitro benzene ring substituents is 1. The molecule has 0 saturated carbocycles. The number of halogens is 4. The Morgan fingerprint density at radius 2 is 1.78 bits per heavy atom. The van der Waals surface area contributed by atoms with Crippen molar-refractivity contribution in [2.75, 3.05) is 16.0 Å². The molecule has 0 unspecified atom stereocenters. The second-order valence-electron chi connectivity index (χ2n) is 7.32. The number of fused-ring (bicyclic) bond motifs is 1. The molecule has 2 amide bonds. The number of rotatable bonds is 5. The minimum atomic E-state index is -4.61. The number of aromatic nitrogens is 2. The van der Waals surface area contributed by atoms with Crippen LogP contribution in [0.3, 0.4) is 0 Å². The lowest BCUT2D eigenvalue weighted by Crippen LogP contribution is -2.20. The summed E-state index contributed by atoms with van der Waals surface area (Å²) in [4.78, 5) is 41.7. The van der Waals surface area contributed by atoms with Gasteiger partial charge in [-0.1, -0.05) is 17.7 Å². The molecule has 0 bridgehead atoms. The monoisotopic (exact) mass is 518 g/mol. The molecule has 0 spiro atoms. The van der Waals surface area contributed by atoms with E-state index in [2.05, 4.69) is 25.9 Å². The van der Waals surface area contributed by atoms with Gasteiger partial charge in [0, 0.05) is 17.4 Å². The molecule has 0 fully saturated rings. The van der Waals surface area contributed by atoms with Crippen LogP contribution in [0.1, 0.15) is 5.56 Å². The topological polar surface area (TPSA) is 142 Å². The summed E-state index contributed by atoms with van der Waals surface area (Å²) < 4.78 is 38.9. The van der Waals surface area contributed by atoms with Gasteiger partial charge in [0.1, 0.15) is 0 Å². The second kappa shape index (κ2) is 9.54. The summed E-state index contributed by atoms with van der Waals surface area (Å²) >= 11 is 5.90. The van der Waals surface area contributed by atoms with Gasteiger partial charge < -0.3 is 20.9 Å². The highest BCUT2D eigenvalue weighted by Gasteiger charge is 2.31. The lowest BCUT2D eigenvalue weighted by Gasteiger charge is -2.13. The van der Waals surface area contributed by atoms with E-state index in [9.17, 15) is 32.9 Å². The molecule has 184 valence electrons. The van der Waals surface area contributed by atoms with Crippen LogP contribution in [0.25, 0.3) is 10.9 Å². The van der Waals surface area contributed by atoms with Crippen molar-refractivity contribution in [3.05, 3.63) is 92.0 Å². The van der Waals surface area contributed by atoms with Gasteiger partial charge in [0.05, 0.1) is 38.6 Å². The summed E-state index contributed by atoms with van der Waals surface area (Å²) in [5.41, 5.74) is -1.40. The Kier molecular flexibility index (Phi) is 6.49. The van der Waals surface area contributed by atoms with E-state index in [1.165, 1.54) is 24.3 Å². The lowest BCUT2D eigenvalue weighted by atomic mass is 10.1. The van der Waals surface area contributed by atoms with Crippen molar-refractivity contribution in [2.45, 2.75) is 6.18 Å². The van der Waals surface area contributed by atoms with Crippen LogP contribution in [0.5, 0.6) is 0 Å². The lowest BCUT2D eigenvalue weighted by molar-refractivity contribution is -0.383. The molecule has 36 heavy (non-hydrogen) atoms. The van der Waals surface area contributed by atoms with E-state index in [4.69, 9.17) is 11.6 Å². The van der Waals surface area contributed by atoms with E-state index in [0.717, 1.165) is 18.5 Å². The number of anilines is 4. The number of hydrogen-bond acceptors (Lipinski definition) is 6. The van der Waals surface area contributed by atoms with Crippen LogP contribution in [0.2, 0.25) is 5.02 Å². The number of benzene rings is 3. The average molecular weight is 519 g/mol. The van der Waals surface area contributed by atoms with Crippen LogP contribution in [0.4, 0.5) is 46.4 Å². The number of aromatic amines is 1. The molecule has 4 aromatic rings. The third-order valence-electron chi connectivity index (χ3n) is 4.91. The van der Waals surface area contributed by atoms with Gasteiger partial charge in [-0.2, -0.15) is 13.2 Å². The molecule has 4 N–H and O–H groups in total. The van der Waals surface area contributed by atoms with Crippen molar-refractivity contribution in [1.82, 2.24) is 9.97 Å². The molecular weight excluding hydrogens is 505 g/mol. The van der Waals surface area contributed by atoms with Crippen molar-refractivity contribution in [1.29, 1.82) is 0 Å². The highest BCUT2D eigenvalue weighted by atomic mass is 35.5. The Labute approximate surface area is 204 Å². The maximum Gasteiger partial charge on any atom is 0.416 e. The van der Waals surface area contributed by atoms with Crippen LogP contribution in [-0.2, 0) is 6.18 Å². The maximum absolute atomic E-state index is 13.0. The Hall–Kier alpha value is -4.65. The van der Waals surface area contributed by atoms with Gasteiger partial charge in [0.25, 0.3) is 11.2 Å². The van der Waals surface area contributed by atoms with Gasteiger partial charge in [0.15, 0.2) is 5.52 Å². The standard InChI is InChI=1S/C22H14ClF3N6O4/c23-14-5-4-11(22(24,25)26)8-16(14)31-21(34)30-13-3-1-2-12(9-13)29-15-6-7-17(32(35)36)19-18(15)20(33)28-10-27-19/h1-10,29H,(H,27,28,33)(H2,30,31,34). The SMILES string of the molecule is O=C(Nc1cccc(Nc2ccc([N+](=O)[O-])c3nc[nH]c(=O)c23)c1)Nc1cc(C(F)(F)F)ccc1Cl. The van der Waals surface area contributed by atoms with Crippen molar-refractivity contribution >= 4 is 57.0 Å². The van der Waals surface area contributed by atoms with Crippen LogP contribution >= 0.6 is 11.6 Å². The zero-order valence-corrected chi connectivity index (χ0v) is 18.6. The van der Waals surface area contributed by atoms with Gasteiger partial charge >= 0.3 is 12.2 Å². The first-order chi connectivity index (χ1) is 17.0. The molecule has 1 aromatic heterocycles. The number of alkyl halides is 3. The third-order valence-corrected chi connectivity index (χ3v) is 5.24. The maximum atomic E-state index is 13.0.